The predicted octanol–water partition coefficient (Wildman–Crippen LogP) is 4.48. The molecule has 0 unspecified atom stereocenters. The third-order valence-corrected chi connectivity index (χ3v) is 12.3. The minimum absolute atomic E-state index is 0.0200. The van der Waals surface area contributed by atoms with Gasteiger partial charge in [0.2, 0.25) is 11.8 Å². The van der Waals surface area contributed by atoms with E-state index in [4.69, 9.17) is 4.74 Å². The van der Waals surface area contributed by atoms with Crippen LogP contribution in [0.2, 0.25) is 18.6 Å². The largest absolute Gasteiger partial charge is 0.432 e. The van der Waals surface area contributed by atoms with Crippen molar-refractivity contribution in [3.8, 4) is 0 Å². The SMILES string of the molecule is C[C@H]1[C@H]([Si](C)(C)O)[C@@H](CC(=O)N(CCO)Cc2ccccc2)O[C@]12C(=O)N(C)c1ccc(N3C(=O)CCc4ccccc43)cc12. The number of nitrogens with zero attached hydrogens (tertiary/aromatic N) is 3. The Morgan fingerprint density at radius 3 is 2.44 bits per heavy atom. The van der Waals surface area contributed by atoms with Crippen LogP contribution in [-0.2, 0) is 37.7 Å². The van der Waals surface area contributed by atoms with Crippen molar-refractivity contribution in [2.75, 3.05) is 30.0 Å². The fourth-order valence-electron chi connectivity index (χ4n) is 7.74. The van der Waals surface area contributed by atoms with Crippen LogP contribution in [0.5, 0.6) is 0 Å². The maximum absolute atomic E-state index is 14.3. The zero-order valence-corrected chi connectivity index (χ0v) is 27.3. The Balaban J connectivity index is 1.38. The first-order valence-corrected chi connectivity index (χ1v) is 18.7. The van der Waals surface area contributed by atoms with Crippen LogP contribution in [0.25, 0.3) is 0 Å². The molecule has 236 valence electrons. The molecule has 3 aromatic rings. The van der Waals surface area contributed by atoms with Crippen molar-refractivity contribution >= 4 is 43.1 Å². The van der Waals surface area contributed by atoms with Gasteiger partial charge in [0.05, 0.1) is 30.5 Å². The van der Waals surface area contributed by atoms with Gasteiger partial charge in [-0.05, 0) is 54.9 Å². The predicted molar refractivity (Wildman–Crippen MR) is 174 cm³/mol. The third-order valence-electron chi connectivity index (χ3n) is 9.76. The highest BCUT2D eigenvalue weighted by Crippen LogP contribution is 2.60. The van der Waals surface area contributed by atoms with Crippen molar-refractivity contribution in [3.05, 3.63) is 89.5 Å². The molecule has 10 heteroatoms. The number of ether oxygens (including phenoxy) is 1. The number of anilines is 3. The van der Waals surface area contributed by atoms with E-state index in [2.05, 4.69) is 0 Å². The number of aliphatic hydroxyl groups excluding tert-OH is 1. The maximum Gasteiger partial charge on any atom is 0.264 e. The molecule has 0 aliphatic carbocycles. The fourth-order valence-corrected chi connectivity index (χ4v) is 10.3. The average molecular weight is 628 g/mol. The highest BCUT2D eigenvalue weighted by atomic mass is 28.4. The van der Waals surface area contributed by atoms with E-state index < -0.39 is 31.5 Å². The number of amides is 3. The van der Waals surface area contributed by atoms with Gasteiger partial charge in [0.15, 0.2) is 13.9 Å². The number of hydrogen-bond donors (Lipinski definition) is 2. The van der Waals surface area contributed by atoms with Crippen LogP contribution in [0, 0.1) is 5.92 Å². The molecule has 0 radical (unpaired) electrons. The quantitative estimate of drug-likeness (QED) is 0.357. The molecule has 0 saturated carbocycles. The van der Waals surface area contributed by atoms with Crippen LogP contribution in [0.3, 0.4) is 0 Å². The molecular formula is C35H41N3O6Si. The molecule has 2 N–H and O–H groups in total. The molecule has 0 aromatic heterocycles. The Kier molecular flexibility index (Phi) is 8.19. The van der Waals surface area contributed by atoms with Crippen molar-refractivity contribution in [3.63, 3.8) is 0 Å². The lowest BCUT2D eigenvalue weighted by Crippen LogP contribution is -2.45. The number of aryl methyl sites for hydroxylation is 1. The lowest BCUT2D eigenvalue weighted by molar-refractivity contribution is -0.149. The summed E-state index contributed by atoms with van der Waals surface area (Å²) in [4.78, 5) is 57.9. The summed E-state index contributed by atoms with van der Waals surface area (Å²) in [6, 6.07) is 23.0. The minimum Gasteiger partial charge on any atom is -0.432 e. The van der Waals surface area contributed by atoms with Crippen LogP contribution in [0.4, 0.5) is 17.1 Å². The van der Waals surface area contributed by atoms with Crippen LogP contribution >= 0.6 is 0 Å². The molecule has 1 spiro atoms. The molecule has 3 aliphatic heterocycles. The van der Waals surface area contributed by atoms with E-state index in [1.165, 1.54) is 0 Å². The van der Waals surface area contributed by atoms with E-state index >= 15 is 0 Å². The summed E-state index contributed by atoms with van der Waals surface area (Å²) >= 11 is 0. The molecule has 1 saturated heterocycles. The summed E-state index contributed by atoms with van der Waals surface area (Å²) in [5, 5.41) is 9.77. The number of carbonyl (C=O) groups is 3. The van der Waals surface area contributed by atoms with E-state index in [0.717, 1.165) is 16.8 Å². The van der Waals surface area contributed by atoms with Gasteiger partial charge in [0, 0.05) is 49.3 Å². The second-order valence-electron chi connectivity index (χ2n) is 13.0. The smallest absolute Gasteiger partial charge is 0.264 e. The third kappa shape index (κ3) is 5.29. The van der Waals surface area contributed by atoms with Crippen LogP contribution < -0.4 is 9.80 Å². The summed E-state index contributed by atoms with van der Waals surface area (Å²) in [5.41, 5.74) is 2.97. The number of benzene rings is 3. The Hall–Kier alpha value is -3.83. The lowest BCUT2D eigenvalue weighted by atomic mass is 9.82. The van der Waals surface area contributed by atoms with E-state index in [9.17, 15) is 24.3 Å². The normalized spacial score (nSPS) is 24.3. The van der Waals surface area contributed by atoms with Crippen LogP contribution in [0.15, 0.2) is 72.8 Å². The number of para-hydroxylation sites is 1. The first kappa shape index (κ1) is 31.2. The topological polar surface area (TPSA) is 111 Å². The monoisotopic (exact) mass is 627 g/mol. The molecule has 6 rings (SSSR count). The molecule has 4 atom stereocenters. The summed E-state index contributed by atoms with van der Waals surface area (Å²) in [6.45, 7) is 5.89. The molecular weight excluding hydrogens is 586 g/mol. The van der Waals surface area contributed by atoms with Gasteiger partial charge in [-0.15, -0.1) is 0 Å². The summed E-state index contributed by atoms with van der Waals surface area (Å²) < 4.78 is 6.83. The fraction of sp³-hybridized carbons (Fsp3) is 0.400. The second kappa shape index (κ2) is 11.8. The van der Waals surface area contributed by atoms with E-state index in [0.29, 0.717) is 36.3 Å². The summed E-state index contributed by atoms with van der Waals surface area (Å²) in [5.74, 6) is -0.928. The second-order valence-corrected chi connectivity index (χ2v) is 17.0. The number of hydrogen-bond acceptors (Lipinski definition) is 6. The zero-order chi connectivity index (χ0) is 32.1. The highest BCUT2D eigenvalue weighted by Gasteiger charge is 2.66. The minimum atomic E-state index is -3.00. The first-order chi connectivity index (χ1) is 21.5. The number of carbonyl (C=O) groups excluding carboxylic acids is 3. The van der Waals surface area contributed by atoms with Gasteiger partial charge in [-0.25, -0.2) is 0 Å². The van der Waals surface area contributed by atoms with E-state index in [-0.39, 0.29) is 37.3 Å². The lowest BCUT2D eigenvalue weighted by Gasteiger charge is -2.33. The average Bonchev–Trinajstić information content (AvgIpc) is 3.43. The molecule has 9 nitrogen and oxygen atoms in total. The number of fused-ring (bicyclic) bond motifs is 3. The summed E-state index contributed by atoms with van der Waals surface area (Å²) in [7, 11) is -1.28. The van der Waals surface area contributed by atoms with Gasteiger partial charge in [0.1, 0.15) is 0 Å². The van der Waals surface area contributed by atoms with Gasteiger partial charge >= 0.3 is 0 Å². The Morgan fingerprint density at radius 2 is 1.73 bits per heavy atom. The van der Waals surface area contributed by atoms with Crippen molar-refractivity contribution in [1.82, 2.24) is 4.90 Å². The van der Waals surface area contributed by atoms with Gasteiger partial charge in [-0.2, -0.15) is 0 Å². The number of likely N-dealkylation sites (N-methyl/N-ethyl adjacent to an activating group) is 1. The Bertz CT molecular complexity index is 1630. The molecule has 3 aromatic carbocycles. The molecule has 1 fully saturated rings. The molecule has 0 bridgehead atoms. The highest BCUT2D eigenvalue weighted by molar-refractivity contribution is 6.71. The van der Waals surface area contributed by atoms with E-state index in [1.54, 1.807) is 21.7 Å². The zero-order valence-electron chi connectivity index (χ0n) is 26.3. The van der Waals surface area contributed by atoms with E-state index in [1.807, 2.05) is 92.8 Å². The first-order valence-electron chi connectivity index (χ1n) is 15.6. The molecule has 3 amide bonds. The molecule has 3 heterocycles. The molecule has 3 aliphatic rings. The Morgan fingerprint density at radius 1 is 1.02 bits per heavy atom. The van der Waals surface area contributed by atoms with Crippen LogP contribution in [0.1, 0.15) is 36.5 Å². The maximum atomic E-state index is 14.3. The van der Waals surface area contributed by atoms with Crippen molar-refractivity contribution in [2.45, 2.75) is 63.1 Å². The number of aliphatic hydroxyl groups is 1. The van der Waals surface area contributed by atoms with Gasteiger partial charge < -0.3 is 24.4 Å². The van der Waals surface area contributed by atoms with Crippen LogP contribution in [-0.4, -0.2) is 67.1 Å². The summed E-state index contributed by atoms with van der Waals surface area (Å²) in [6.07, 6.45) is 0.298. The van der Waals surface area contributed by atoms with Gasteiger partial charge in [-0.3, -0.25) is 19.3 Å². The van der Waals surface area contributed by atoms with Crippen molar-refractivity contribution in [2.24, 2.45) is 5.92 Å². The number of rotatable bonds is 8. The Labute approximate surface area is 265 Å². The molecule has 45 heavy (non-hydrogen) atoms. The van der Waals surface area contributed by atoms with Gasteiger partial charge in [-0.1, -0.05) is 55.5 Å². The van der Waals surface area contributed by atoms with Gasteiger partial charge in [0.25, 0.3) is 5.91 Å². The standard InChI is InChI=1S/C35H41N3O6Si/c1-23-33(45(3,4)43)30(21-32(41)37(18-19-39)22-24-10-6-5-7-11-24)44-35(23)27-20-26(15-16-29(27)36(2)34(35)42)38-28-13-9-8-12-25(28)14-17-31(38)40/h5-13,15-16,20,23,30,33,39,43H,14,17-19,21-22H2,1-4H3/t23-,30+,33-,35+/m0/s1. The van der Waals surface area contributed by atoms with Crippen molar-refractivity contribution < 1.29 is 29.0 Å². The van der Waals surface area contributed by atoms with Crippen molar-refractivity contribution in [1.29, 1.82) is 0 Å².